The van der Waals surface area contributed by atoms with E-state index in [1.807, 2.05) is 6.92 Å². The number of carbonyl (C=O) groups is 2. The van der Waals surface area contributed by atoms with Crippen LogP contribution in [0, 0.1) is 0 Å². The Hall–Kier alpha value is -1.93. The van der Waals surface area contributed by atoms with E-state index in [4.69, 9.17) is 0 Å². The van der Waals surface area contributed by atoms with Gasteiger partial charge in [-0.3, -0.25) is 9.59 Å². The van der Waals surface area contributed by atoms with Crippen LogP contribution in [0.2, 0.25) is 0 Å². The van der Waals surface area contributed by atoms with Crippen LogP contribution in [-0.4, -0.2) is 62.2 Å². The molecule has 1 fully saturated rings. The summed E-state index contributed by atoms with van der Waals surface area (Å²) in [6, 6.07) is 3.42. The maximum atomic E-state index is 13.1. The summed E-state index contributed by atoms with van der Waals surface area (Å²) in [5.41, 5.74) is 2.70. The highest BCUT2D eigenvalue weighted by Crippen LogP contribution is 2.44. The maximum absolute atomic E-state index is 13.1. The molecule has 8 heteroatoms. The number of piperazine rings is 1. The number of aryl methyl sites for hydroxylation is 1. The number of nitrogens with zero attached hydrogens (tertiary/aromatic N) is 3. The zero-order chi connectivity index (χ0) is 18.6. The fourth-order valence-electron chi connectivity index (χ4n) is 4.21. The van der Waals surface area contributed by atoms with Gasteiger partial charge in [0.25, 0.3) is 0 Å². The van der Waals surface area contributed by atoms with Crippen molar-refractivity contribution in [1.82, 2.24) is 9.21 Å². The number of rotatable bonds is 2. The lowest BCUT2D eigenvalue weighted by Crippen LogP contribution is -2.49. The third-order valence-corrected chi connectivity index (χ3v) is 7.59. The highest BCUT2D eigenvalue weighted by molar-refractivity contribution is 7.89. The predicted octanol–water partition coefficient (Wildman–Crippen LogP) is 0.936. The van der Waals surface area contributed by atoms with E-state index in [-0.39, 0.29) is 22.6 Å². The molecule has 2 amide bonds. The van der Waals surface area contributed by atoms with Gasteiger partial charge in [-0.25, -0.2) is 8.42 Å². The Kier molecular flexibility index (Phi) is 4.07. The Labute approximate surface area is 153 Å². The molecule has 0 unspecified atom stereocenters. The van der Waals surface area contributed by atoms with E-state index in [2.05, 4.69) is 0 Å². The molecule has 0 N–H and O–H groups in total. The minimum absolute atomic E-state index is 0.0311. The second kappa shape index (κ2) is 6.06. The van der Waals surface area contributed by atoms with Crippen molar-refractivity contribution in [3.05, 3.63) is 23.3 Å². The summed E-state index contributed by atoms with van der Waals surface area (Å²) in [6.45, 7) is 5.48. The van der Waals surface area contributed by atoms with Crippen LogP contribution in [0.15, 0.2) is 17.0 Å². The maximum Gasteiger partial charge on any atom is 0.243 e. The lowest BCUT2D eigenvalue weighted by Gasteiger charge is -2.33. The molecule has 3 aliphatic rings. The first-order valence-electron chi connectivity index (χ1n) is 9.04. The van der Waals surface area contributed by atoms with Gasteiger partial charge in [-0.05, 0) is 43.0 Å². The number of carbonyl (C=O) groups excluding carboxylic acids is 2. The quantitative estimate of drug-likeness (QED) is 0.768. The van der Waals surface area contributed by atoms with E-state index in [0.29, 0.717) is 32.7 Å². The third-order valence-electron chi connectivity index (χ3n) is 5.71. The monoisotopic (exact) mass is 377 g/mol. The van der Waals surface area contributed by atoms with E-state index >= 15 is 0 Å². The van der Waals surface area contributed by atoms with Crippen LogP contribution in [0.1, 0.15) is 37.3 Å². The molecule has 0 aliphatic carbocycles. The predicted molar refractivity (Wildman–Crippen MR) is 96.5 cm³/mol. The van der Waals surface area contributed by atoms with Crippen molar-refractivity contribution in [3.63, 3.8) is 0 Å². The summed E-state index contributed by atoms with van der Waals surface area (Å²) in [6.07, 6.45) is 1.64. The lowest BCUT2D eigenvalue weighted by atomic mass is 9.97. The normalized spacial score (nSPS) is 23.3. The molecule has 0 aromatic heterocycles. The highest BCUT2D eigenvalue weighted by atomic mass is 32.2. The van der Waals surface area contributed by atoms with Gasteiger partial charge >= 0.3 is 0 Å². The molecule has 3 heterocycles. The third kappa shape index (κ3) is 2.54. The van der Waals surface area contributed by atoms with Crippen molar-refractivity contribution in [2.45, 2.75) is 37.5 Å². The standard InChI is InChI=1S/C18H23N3O4S/c1-12-16-11-15(10-14-4-3-5-21(17(14)16)18(12)23)26(24,25)20-8-6-19(7-9-20)13(2)22/h10-12H,3-9H2,1-2H3/t12-/m0/s1. The SMILES string of the molecule is CC(=O)N1CCN(S(=O)(=O)c2cc3c4c(c2)[C@H](C)C(=O)N4CCC3)CC1. The summed E-state index contributed by atoms with van der Waals surface area (Å²) in [5, 5.41) is 0. The van der Waals surface area contributed by atoms with Gasteiger partial charge in [0.2, 0.25) is 21.8 Å². The van der Waals surface area contributed by atoms with E-state index in [0.717, 1.165) is 29.7 Å². The number of sulfonamides is 1. The molecule has 1 aromatic rings. The van der Waals surface area contributed by atoms with E-state index in [1.165, 1.54) is 11.2 Å². The summed E-state index contributed by atoms with van der Waals surface area (Å²) in [7, 11) is -3.63. The number of anilines is 1. The summed E-state index contributed by atoms with van der Waals surface area (Å²) in [5.74, 6) is -0.270. The van der Waals surface area contributed by atoms with Crippen molar-refractivity contribution in [2.24, 2.45) is 0 Å². The molecule has 140 valence electrons. The Morgan fingerprint density at radius 2 is 1.81 bits per heavy atom. The van der Waals surface area contributed by atoms with Gasteiger partial charge in [0.15, 0.2) is 0 Å². The van der Waals surface area contributed by atoms with E-state index < -0.39 is 10.0 Å². The van der Waals surface area contributed by atoms with Crippen molar-refractivity contribution < 1.29 is 18.0 Å². The van der Waals surface area contributed by atoms with Gasteiger partial charge in [-0.1, -0.05) is 0 Å². The average molecular weight is 377 g/mol. The fourth-order valence-corrected chi connectivity index (χ4v) is 5.72. The van der Waals surface area contributed by atoms with E-state index in [9.17, 15) is 18.0 Å². The van der Waals surface area contributed by atoms with Gasteiger partial charge in [-0.15, -0.1) is 0 Å². The summed E-state index contributed by atoms with van der Waals surface area (Å²) >= 11 is 0. The second-order valence-corrected chi connectivity index (χ2v) is 9.18. The molecule has 4 rings (SSSR count). The van der Waals surface area contributed by atoms with Gasteiger partial charge in [0, 0.05) is 39.6 Å². The molecular formula is C18H23N3O4S. The zero-order valence-electron chi connectivity index (χ0n) is 15.1. The fraction of sp³-hybridized carbons (Fsp3) is 0.556. The molecule has 1 aromatic carbocycles. The molecule has 26 heavy (non-hydrogen) atoms. The van der Waals surface area contributed by atoms with Gasteiger partial charge in [-0.2, -0.15) is 4.31 Å². The van der Waals surface area contributed by atoms with Crippen LogP contribution >= 0.6 is 0 Å². The topological polar surface area (TPSA) is 78.0 Å². The summed E-state index contributed by atoms with van der Waals surface area (Å²) < 4.78 is 27.7. The lowest BCUT2D eigenvalue weighted by molar-refractivity contribution is -0.130. The summed E-state index contributed by atoms with van der Waals surface area (Å²) in [4.78, 5) is 27.7. The van der Waals surface area contributed by atoms with Crippen molar-refractivity contribution >= 4 is 27.5 Å². The van der Waals surface area contributed by atoms with Crippen LogP contribution in [-0.2, 0) is 26.0 Å². The van der Waals surface area contributed by atoms with Gasteiger partial charge in [0.1, 0.15) is 0 Å². The Balaban J connectivity index is 1.69. The average Bonchev–Trinajstić information content (AvgIpc) is 2.88. The van der Waals surface area contributed by atoms with Crippen LogP contribution in [0.25, 0.3) is 0 Å². The van der Waals surface area contributed by atoms with Crippen LogP contribution < -0.4 is 4.90 Å². The first-order chi connectivity index (χ1) is 12.3. The van der Waals surface area contributed by atoms with Crippen molar-refractivity contribution in [3.8, 4) is 0 Å². The van der Waals surface area contributed by atoms with Gasteiger partial charge in [0.05, 0.1) is 16.5 Å². The molecule has 0 saturated carbocycles. The van der Waals surface area contributed by atoms with E-state index in [1.54, 1.807) is 21.9 Å². The Bertz CT molecular complexity index is 888. The molecule has 0 bridgehead atoms. The number of hydrogen-bond donors (Lipinski definition) is 0. The molecule has 3 aliphatic heterocycles. The number of benzene rings is 1. The molecule has 0 radical (unpaired) electrons. The van der Waals surface area contributed by atoms with Crippen molar-refractivity contribution in [1.29, 1.82) is 0 Å². The first kappa shape index (κ1) is 17.5. The minimum Gasteiger partial charge on any atom is -0.340 e. The highest BCUT2D eigenvalue weighted by Gasteiger charge is 2.39. The Morgan fingerprint density at radius 1 is 1.12 bits per heavy atom. The number of amides is 2. The van der Waals surface area contributed by atoms with Gasteiger partial charge < -0.3 is 9.80 Å². The number of hydrogen-bond acceptors (Lipinski definition) is 4. The molecule has 1 saturated heterocycles. The smallest absolute Gasteiger partial charge is 0.243 e. The molecule has 7 nitrogen and oxygen atoms in total. The Morgan fingerprint density at radius 3 is 2.46 bits per heavy atom. The van der Waals surface area contributed by atoms with Crippen LogP contribution in [0.4, 0.5) is 5.69 Å². The zero-order valence-corrected chi connectivity index (χ0v) is 15.9. The molecule has 0 spiro atoms. The first-order valence-corrected chi connectivity index (χ1v) is 10.5. The second-order valence-electron chi connectivity index (χ2n) is 7.25. The van der Waals surface area contributed by atoms with Crippen LogP contribution in [0.5, 0.6) is 0 Å². The van der Waals surface area contributed by atoms with Crippen LogP contribution in [0.3, 0.4) is 0 Å². The molecule has 1 atom stereocenters. The largest absolute Gasteiger partial charge is 0.340 e. The van der Waals surface area contributed by atoms with Crippen molar-refractivity contribution in [2.75, 3.05) is 37.6 Å². The minimum atomic E-state index is -3.63. The molecular weight excluding hydrogens is 354 g/mol.